The predicted molar refractivity (Wildman–Crippen MR) is 61.3 cm³/mol. The number of amides is 1. The molecule has 0 saturated heterocycles. The summed E-state index contributed by atoms with van der Waals surface area (Å²) in [4.78, 5) is 15.9. The van der Waals surface area contributed by atoms with Crippen molar-refractivity contribution >= 4 is 17.2 Å². The first kappa shape index (κ1) is 10.8. The highest BCUT2D eigenvalue weighted by molar-refractivity contribution is 7.09. The van der Waals surface area contributed by atoms with Gasteiger partial charge < -0.3 is 5.32 Å². The monoisotopic (exact) mass is 236 g/mol. The Balaban J connectivity index is 1.93. The molecule has 84 valence electrons. The van der Waals surface area contributed by atoms with Crippen molar-refractivity contribution in [3.63, 3.8) is 0 Å². The van der Waals surface area contributed by atoms with Crippen molar-refractivity contribution in [1.82, 2.24) is 20.5 Å². The minimum absolute atomic E-state index is 0.183. The van der Waals surface area contributed by atoms with Crippen molar-refractivity contribution in [2.75, 3.05) is 0 Å². The van der Waals surface area contributed by atoms with E-state index in [-0.39, 0.29) is 5.91 Å². The lowest BCUT2D eigenvalue weighted by Crippen LogP contribution is -2.23. The number of H-pyrrole nitrogens is 1. The molecule has 0 aliphatic rings. The van der Waals surface area contributed by atoms with Crippen LogP contribution in [0.1, 0.15) is 26.9 Å². The fraction of sp³-hybridized carbons (Fsp3) is 0.300. The highest BCUT2D eigenvalue weighted by Gasteiger charge is 2.09. The molecular weight excluding hydrogens is 224 g/mol. The van der Waals surface area contributed by atoms with Gasteiger partial charge in [-0.2, -0.15) is 5.10 Å². The molecule has 0 spiro atoms. The summed E-state index contributed by atoms with van der Waals surface area (Å²) < 4.78 is 0. The van der Waals surface area contributed by atoms with E-state index in [1.807, 2.05) is 19.2 Å². The van der Waals surface area contributed by atoms with Gasteiger partial charge in [0, 0.05) is 16.8 Å². The highest BCUT2D eigenvalue weighted by Crippen LogP contribution is 2.08. The molecule has 0 saturated carbocycles. The summed E-state index contributed by atoms with van der Waals surface area (Å²) in [5.41, 5.74) is 2.26. The molecule has 0 aromatic carbocycles. The number of rotatable bonds is 3. The molecule has 0 radical (unpaired) electrons. The van der Waals surface area contributed by atoms with Crippen molar-refractivity contribution in [2.24, 2.45) is 0 Å². The number of nitrogens with one attached hydrogen (secondary N) is 2. The van der Waals surface area contributed by atoms with Crippen LogP contribution in [0.5, 0.6) is 0 Å². The molecule has 0 fully saturated rings. The predicted octanol–water partition coefficient (Wildman–Crippen LogP) is 1.41. The van der Waals surface area contributed by atoms with Gasteiger partial charge in [0.25, 0.3) is 5.91 Å². The third-order valence-corrected chi connectivity index (χ3v) is 2.97. The van der Waals surface area contributed by atoms with E-state index in [1.165, 1.54) is 11.3 Å². The van der Waals surface area contributed by atoms with Crippen LogP contribution < -0.4 is 5.32 Å². The summed E-state index contributed by atoms with van der Waals surface area (Å²) in [6.45, 7) is 4.23. The first-order chi connectivity index (χ1) is 7.65. The molecule has 2 aromatic rings. The van der Waals surface area contributed by atoms with Crippen LogP contribution in [0.15, 0.2) is 11.4 Å². The molecule has 6 heteroatoms. The minimum Gasteiger partial charge on any atom is -0.344 e. The number of nitrogens with zero attached hydrogens (tertiary/aromatic N) is 2. The minimum atomic E-state index is -0.183. The van der Waals surface area contributed by atoms with Gasteiger partial charge in [0.05, 0.1) is 6.54 Å². The Morgan fingerprint density at radius 3 is 2.94 bits per heavy atom. The Morgan fingerprint density at radius 2 is 2.38 bits per heavy atom. The van der Waals surface area contributed by atoms with E-state index in [1.54, 1.807) is 6.07 Å². The summed E-state index contributed by atoms with van der Waals surface area (Å²) in [5.74, 6) is -0.183. The van der Waals surface area contributed by atoms with E-state index in [4.69, 9.17) is 0 Å². The third kappa shape index (κ3) is 2.46. The van der Waals surface area contributed by atoms with E-state index >= 15 is 0 Å². The maximum atomic E-state index is 11.6. The van der Waals surface area contributed by atoms with Crippen LogP contribution in [-0.4, -0.2) is 21.1 Å². The summed E-state index contributed by atoms with van der Waals surface area (Å²) in [6, 6.07) is 1.71. The number of aryl methyl sites for hydroxylation is 2. The lowest BCUT2D eigenvalue weighted by atomic mass is 10.3. The van der Waals surface area contributed by atoms with Crippen LogP contribution in [0, 0.1) is 13.8 Å². The van der Waals surface area contributed by atoms with E-state index in [9.17, 15) is 4.79 Å². The quantitative estimate of drug-likeness (QED) is 0.846. The lowest BCUT2D eigenvalue weighted by molar-refractivity contribution is 0.0946. The number of carbonyl (C=O) groups is 1. The van der Waals surface area contributed by atoms with Gasteiger partial charge in [-0.1, -0.05) is 0 Å². The molecule has 2 rings (SSSR count). The molecule has 2 N–H and O–H groups in total. The van der Waals surface area contributed by atoms with E-state index < -0.39 is 0 Å². The van der Waals surface area contributed by atoms with Crippen LogP contribution in [0.25, 0.3) is 0 Å². The molecule has 0 unspecified atom stereocenters. The molecule has 0 aliphatic carbocycles. The highest BCUT2D eigenvalue weighted by atomic mass is 32.1. The Hall–Kier alpha value is -1.69. The van der Waals surface area contributed by atoms with Crippen molar-refractivity contribution in [3.8, 4) is 0 Å². The van der Waals surface area contributed by atoms with Gasteiger partial charge in [-0.3, -0.25) is 9.89 Å². The number of aromatic nitrogens is 3. The van der Waals surface area contributed by atoms with Crippen LogP contribution in [0.2, 0.25) is 0 Å². The Morgan fingerprint density at radius 1 is 1.56 bits per heavy atom. The zero-order valence-electron chi connectivity index (χ0n) is 9.07. The zero-order valence-corrected chi connectivity index (χ0v) is 9.89. The second-order valence-corrected chi connectivity index (χ2v) is 4.44. The van der Waals surface area contributed by atoms with Gasteiger partial charge in [-0.25, -0.2) is 4.98 Å². The Labute approximate surface area is 96.9 Å². The van der Waals surface area contributed by atoms with Crippen molar-refractivity contribution in [3.05, 3.63) is 33.5 Å². The summed E-state index contributed by atoms with van der Waals surface area (Å²) in [7, 11) is 0. The van der Waals surface area contributed by atoms with Crippen LogP contribution in [0.3, 0.4) is 0 Å². The zero-order chi connectivity index (χ0) is 11.5. The average Bonchev–Trinajstić information content (AvgIpc) is 2.84. The first-order valence-electron chi connectivity index (χ1n) is 4.86. The molecule has 0 aliphatic heterocycles. The molecule has 0 atom stereocenters. The topological polar surface area (TPSA) is 70.7 Å². The van der Waals surface area contributed by atoms with Gasteiger partial charge in [0.15, 0.2) is 0 Å². The van der Waals surface area contributed by atoms with Gasteiger partial charge in [0.1, 0.15) is 10.7 Å². The number of carbonyl (C=O) groups excluding carboxylic acids is 1. The smallest absolute Gasteiger partial charge is 0.272 e. The molecule has 0 bridgehead atoms. The molecule has 16 heavy (non-hydrogen) atoms. The van der Waals surface area contributed by atoms with E-state index in [0.717, 1.165) is 16.4 Å². The molecule has 2 aromatic heterocycles. The summed E-state index contributed by atoms with van der Waals surface area (Å²) in [5, 5.41) is 12.2. The summed E-state index contributed by atoms with van der Waals surface area (Å²) >= 11 is 1.54. The number of aromatic amines is 1. The summed E-state index contributed by atoms with van der Waals surface area (Å²) in [6.07, 6.45) is 0. The molecular formula is C10H12N4OS. The maximum Gasteiger partial charge on any atom is 0.272 e. The fourth-order valence-corrected chi connectivity index (χ4v) is 1.98. The van der Waals surface area contributed by atoms with Crippen molar-refractivity contribution in [2.45, 2.75) is 20.4 Å². The van der Waals surface area contributed by atoms with E-state index in [0.29, 0.717) is 12.2 Å². The van der Waals surface area contributed by atoms with Gasteiger partial charge in [-0.05, 0) is 19.9 Å². The Bertz CT molecular complexity index is 502. The molecule has 5 nitrogen and oxygen atoms in total. The second kappa shape index (κ2) is 4.44. The van der Waals surface area contributed by atoms with Gasteiger partial charge >= 0.3 is 0 Å². The average molecular weight is 236 g/mol. The van der Waals surface area contributed by atoms with Crippen LogP contribution in [0.4, 0.5) is 0 Å². The van der Waals surface area contributed by atoms with E-state index in [2.05, 4.69) is 20.5 Å². The van der Waals surface area contributed by atoms with Gasteiger partial charge in [0.2, 0.25) is 0 Å². The van der Waals surface area contributed by atoms with Crippen molar-refractivity contribution < 1.29 is 4.79 Å². The molecule has 1 amide bonds. The lowest BCUT2D eigenvalue weighted by Gasteiger charge is -1.98. The van der Waals surface area contributed by atoms with Gasteiger partial charge in [-0.15, -0.1) is 11.3 Å². The second-order valence-electron chi connectivity index (χ2n) is 3.50. The van der Waals surface area contributed by atoms with Crippen molar-refractivity contribution in [1.29, 1.82) is 0 Å². The fourth-order valence-electron chi connectivity index (χ4n) is 1.26. The largest absolute Gasteiger partial charge is 0.344 e. The maximum absolute atomic E-state index is 11.6. The third-order valence-electron chi connectivity index (χ3n) is 2.01. The first-order valence-corrected chi connectivity index (χ1v) is 5.74. The number of thiazole rings is 1. The SMILES string of the molecule is Cc1csc(CNC(=O)c2cc(C)[nH]n2)n1. The van der Waals surface area contributed by atoms with Crippen LogP contribution >= 0.6 is 11.3 Å². The normalized spacial score (nSPS) is 10.4. The number of hydrogen-bond donors (Lipinski definition) is 2. The Kier molecular flexibility index (Phi) is 3.00. The molecule has 2 heterocycles. The van der Waals surface area contributed by atoms with Crippen LogP contribution in [-0.2, 0) is 6.54 Å². The standard InChI is InChI=1S/C10H12N4OS/c1-6-3-8(14-13-6)10(15)11-4-9-12-7(2)5-16-9/h3,5H,4H2,1-2H3,(H,11,15)(H,13,14). The number of hydrogen-bond acceptors (Lipinski definition) is 4.